The van der Waals surface area contributed by atoms with Gasteiger partial charge in [0.05, 0.1) is 24.3 Å². The second-order valence-electron chi connectivity index (χ2n) is 3.78. The Labute approximate surface area is 86.9 Å². The van der Waals surface area contributed by atoms with Gasteiger partial charge in [-0.25, -0.2) is 4.68 Å². The van der Waals surface area contributed by atoms with Crippen LogP contribution in [-0.2, 0) is 6.54 Å². The van der Waals surface area contributed by atoms with Gasteiger partial charge in [0.15, 0.2) is 0 Å². The van der Waals surface area contributed by atoms with Gasteiger partial charge in [-0.3, -0.25) is 0 Å². The molecule has 2 aromatic heterocycles. The Balaban J connectivity index is 2.13. The molecule has 0 bridgehead atoms. The minimum Gasteiger partial charge on any atom is -0.472 e. The Bertz CT molecular complexity index is 456. The molecule has 1 aliphatic carbocycles. The summed E-state index contributed by atoms with van der Waals surface area (Å²) in [5, 5.41) is 8.25. The molecule has 78 valence electrons. The summed E-state index contributed by atoms with van der Waals surface area (Å²) in [6, 6.07) is 2.42. The van der Waals surface area contributed by atoms with Crippen LogP contribution in [0.2, 0.25) is 0 Å². The fraction of sp³-hybridized carbons (Fsp3) is 0.400. The summed E-state index contributed by atoms with van der Waals surface area (Å²) < 4.78 is 7.05. The number of hydrogen-bond acceptors (Lipinski definition) is 4. The van der Waals surface area contributed by atoms with Crippen LogP contribution < -0.4 is 5.73 Å². The van der Waals surface area contributed by atoms with Gasteiger partial charge in [-0.2, -0.15) is 0 Å². The average Bonchev–Trinajstić information content (AvgIpc) is 2.83. The fourth-order valence-electron chi connectivity index (χ4n) is 1.74. The molecular formula is C10H12N4O. The third-order valence-electron chi connectivity index (χ3n) is 2.64. The van der Waals surface area contributed by atoms with E-state index in [9.17, 15) is 0 Å². The van der Waals surface area contributed by atoms with Crippen molar-refractivity contribution >= 4 is 0 Å². The first kappa shape index (κ1) is 8.67. The first-order chi connectivity index (χ1) is 7.40. The van der Waals surface area contributed by atoms with E-state index >= 15 is 0 Å². The summed E-state index contributed by atoms with van der Waals surface area (Å²) in [6.45, 7) is 0.410. The van der Waals surface area contributed by atoms with Crippen molar-refractivity contribution in [2.24, 2.45) is 5.73 Å². The number of nitrogens with two attached hydrogens (primary N) is 1. The zero-order valence-corrected chi connectivity index (χ0v) is 8.26. The second kappa shape index (κ2) is 3.20. The van der Waals surface area contributed by atoms with Gasteiger partial charge in [-0.15, -0.1) is 5.10 Å². The lowest BCUT2D eigenvalue weighted by Gasteiger charge is -2.02. The standard InChI is InChI=1S/C10H12N4O/c11-5-9-10(7-3-4-15-6-7)14(13-12-9)8-1-2-8/h3-4,6,8H,1-2,5,11H2. The highest BCUT2D eigenvalue weighted by Gasteiger charge is 2.29. The first-order valence-electron chi connectivity index (χ1n) is 5.07. The third kappa shape index (κ3) is 1.35. The number of furan rings is 1. The van der Waals surface area contributed by atoms with E-state index in [0.717, 1.165) is 17.0 Å². The molecule has 0 aromatic carbocycles. The molecule has 0 saturated heterocycles. The van der Waals surface area contributed by atoms with Gasteiger partial charge in [0.1, 0.15) is 5.69 Å². The minimum absolute atomic E-state index is 0.410. The van der Waals surface area contributed by atoms with E-state index in [0.29, 0.717) is 12.6 Å². The summed E-state index contributed by atoms with van der Waals surface area (Å²) in [5.41, 5.74) is 8.50. The Hall–Kier alpha value is -1.62. The number of hydrogen-bond donors (Lipinski definition) is 1. The fourth-order valence-corrected chi connectivity index (χ4v) is 1.74. The van der Waals surface area contributed by atoms with Gasteiger partial charge in [0, 0.05) is 12.1 Å². The van der Waals surface area contributed by atoms with Crippen molar-refractivity contribution in [1.29, 1.82) is 0 Å². The molecule has 2 N–H and O–H groups in total. The lowest BCUT2D eigenvalue weighted by molar-refractivity contribution is 0.566. The second-order valence-corrected chi connectivity index (χ2v) is 3.78. The number of rotatable bonds is 3. The quantitative estimate of drug-likeness (QED) is 0.818. The van der Waals surface area contributed by atoms with E-state index in [2.05, 4.69) is 10.3 Å². The van der Waals surface area contributed by atoms with Crippen LogP contribution in [-0.4, -0.2) is 15.0 Å². The normalized spacial score (nSPS) is 15.8. The molecule has 2 aromatic rings. The predicted octanol–water partition coefficient (Wildman–Crippen LogP) is 1.33. The van der Waals surface area contributed by atoms with Gasteiger partial charge in [0.2, 0.25) is 0 Å². The SMILES string of the molecule is NCc1nnn(C2CC2)c1-c1ccoc1. The third-order valence-corrected chi connectivity index (χ3v) is 2.64. The molecule has 0 unspecified atom stereocenters. The van der Waals surface area contributed by atoms with Crippen molar-refractivity contribution in [2.45, 2.75) is 25.4 Å². The maximum atomic E-state index is 5.64. The summed E-state index contributed by atoms with van der Waals surface area (Å²) in [7, 11) is 0. The van der Waals surface area contributed by atoms with Crippen LogP contribution in [0.15, 0.2) is 23.0 Å². The molecule has 15 heavy (non-hydrogen) atoms. The summed E-state index contributed by atoms with van der Waals surface area (Å²) >= 11 is 0. The topological polar surface area (TPSA) is 69.9 Å². The van der Waals surface area contributed by atoms with Crippen molar-refractivity contribution in [2.75, 3.05) is 0 Å². The monoisotopic (exact) mass is 204 g/mol. The zero-order valence-electron chi connectivity index (χ0n) is 8.26. The largest absolute Gasteiger partial charge is 0.472 e. The van der Waals surface area contributed by atoms with Crippen LogP contribution in [0.5, 0.6) is 0 Å². The van der Waals surface area contributed by atoms with Crippen molar-refractivity contribution in [3.63, 3.8) is 0 Å². The van der Waals surface area contributed by atoms with Crippen LogP contribution in [0.25, 0.3) is 11.3 Å². The minimum atomic E-state index is 0.410. The summed E-state index contributed by atoms with van der Waals surface area (Å²) in [6.07, 6.45) is 5.72. The highest BCUT2D eigenvalue weighted by Crippen LogP contribution is 2.38. The molecule has 1 fully saturated rings. The van der Waals surface area contributed by atoms with E-state index in [1.54, 1.807) is 12.5 Å². The van der Waals surface area contributed by atoms with Crippen LogP contribution in [0.3, 0.4) is 0 Å². The Kier molecular flexibility index (Phi) is 1.85. The zero-order chi connectivity index (χ0) is 10.3. The van der Waals surface area contributed by atoms with E-state index in [1.807, 2.05) is 10.7 Å². The van der Waals surface area contributed by atoms with E-state index < -0.39 is 0 Å². The van der Waals surface area contributed by atoms with Crippen LogP contribution in [0.4, 0.5) is 0 Å². The van der Waals surface area contributed by atoms with E-state index in [1.165, 1.54) is 12.8 Å². The Morgan fingerprint density at radius 2 is 2.40 bits per heavy atom. The maximum Gasteiger partial charge on any atom is 0.104 e. The molecule has 2 heterocycles. The molecule has 0 radical (unpaired) electrons. The summed E-state index contributed by atoms with van der Waals surface area (Å²) in [4.78, 5) is 0. The Morgan fingerprint density at radius 3 is 3.00 bits per heavy atom. The molecule has 1 saturated carbocycles. The van der Waals surface area contributed by atoms with Crippen molar-refractivity contribution in [1.82, 2.24) is 15.0 Å². The summed E-state index contributed by atoms with van der Waals surface area (Å²) in [5.74, 6) is 0. The number of nitrogens with zero attached hydrogens (tertiary/aromatic N) is 3. The molecule has 1 aliphatic rings. The van der Waals surface area contributed by atoms with Gasteiger partial charge in [-0.1, -0.05) is 5.21 Å². The molecule has 3 rings (SSSR count). The average molecular weight is 204 g/mol. The van der Waals surface area contributed by atoms with Gasteiger partial charge in [-0.05, 0) is 18.9 Å². The lowest BCUT2D eigenvalue weighted by Crippen LogP contribution is -2.02. The molecule has 0 atom stereocenters. The smallest absolute Gasteiger partial charge is 0.104 e. The van der Waals surface area contributed by atoms with Crippen LogP contribution in [0.1, 0.15) is 24.6 Å². The van der Waals surface area contributed by atoms with Crippen LogP contribution in [0, 0.1) is 0 Å². The highest BCUT2D eigenvalue weighted by atomic mass is 16.3. The molecule has 5 heteroatoms. The Morgan fingerprint density at radius 1 is 1.53 bits per heavy atom. The van der Waals surface area contributed by atoms with Gasteiger partial charge in [0.25, 0.3) is 0 Å². The number of aromatic nitrogens is 3. The van der Waals surface area contributed by atoms with Gasteiger partial charge < -0.3 is 10.2 Å². The van der Waals surface area contributed by atoms with Crippen molar-refractivity contribution < 1.29 is 4.42 Å². The van der Waals surface area contributed by atoms with E-state index in [-0.39, 0.29) is 0 Å². The molecule has 0 amide bonds. The maximum absolute atomic E-state index is 5.64. The van der Waals surface area contributed by atoms with Crippen molar-refractivity contribution in [3.05, 3.63) is 24.3 Å². The molecule has 0 aliphatic heterocycles. The highest BCUT2D eigenvalue weighted by molar-refractivity contribution is 5.60. The molecule has 0 spiro atoms. The predicted molar refractivity (Wildman–Crippen MR) is 53.9 cm³/mol. The van der Waals surface area contributed by atoms with E-state index in [4.69, 9.17) is 10.2 Å². The lowest BCUT2D eigenvalue weighted by atomic mass is 10.2. The molecular weight excluding hydrogens is 192 g/mol. The van der Waals surface area contributed by atoms with Crippen molar-refractivity contribution in [3.8, 4) is 11.3 Å². The van der Waals surface area contributed by atoms with Crippen LogP contribution >= 0.6 is 0 Å². The molecule has 5 nitrogen and oxygen atoms in total. The first-order valence-corrected chi connectivity index (χ1v) is 5.07. The van der Waals surface area contributed by atoms with Gasteiger partial charge >= 0.3 is 0 Å².